The van der Waals surface area contributed by atoms with Crippen LogP contribution < -0.4 is 10.5 Å². The van der Waals surface area contributed by atoms with Gasteiger partial charge in [0.1, 0.15) is 5.75 Å². The van der Waals surface area contributed by atoms with Crippen molar-refractivity contribution in [2.45, 2.75) is 19.9 Å². The van der Waals surface area contributed by atoms with E-state index >= 15 is 0 Å². The number of rotatable bonds is 3. The molecule has 0 amide bonds. The highest BCUT2D eigenvalue weighted by Gasteiger charge is 2.12. The summed E-state index contributed by atoms with van der Waals surface area (Å²) in [4.78, 5) is 0. The van der Waals surface area contributed by atoms with Gasteiger partial charge in [-0.15, -0.1) is 0 Å². The molecule has 2 nitrogen and oxygen atoms in total. The van der Waals surface area contributed by atoms with Crippen LogP contribution in [0.3, 0.4) is 0 Å². The molecular weight excluding hydrogens is 230 g/mol. The highest BCUT2D eigenvalue weighted by molar-refractivity contribution is 7.08. The Balaban J connectivity index is 2.40. The van der Waals surface area contributed by atoms with E-state index in [2.05, 4.69) is 42.8 Å². The molecule has 0 aliphatic heterocycles. The summed E-state index contributed by atoms with van der Waals surface area (Å²) in [6.07, 6.45) is 0. The van der Waals surface area contributed by atoms with Gasteiger partial charge in [-0.05, 0) is 52.9 Å². The molecule has 0 unspecified atom stereocenters. The van der Waals surface area contributed by atoms with Gasteiger partial charge in [-0.2, -0.15) is 11.3 Å². The predicted octanol–water partition coefficient (Wildman–Crippen LogP) is 3.42. The minimum absolute atomic E-state index is 0.0513. The number of methoxy groups -OCH3 is 1. The fourth-order valence-electron chi connectivity index (χ4n) is 2.13. The van der Waals surface area contributed by atoms with Gasteiger partial charge in [0.2, 0.25) is 0 Å². The number of hydrogen-bond donors (Lipinski definition) is 1. The standard InChI is InChI=1S/C14H17NOS/c1-9-6-12(7-10(2)14(9)16-3)13(15)11-4-5-17-8-11/h4-8,13H,15H2,1-3H3/t13-/m0/s1. The molecule has 0 aliphatic carbocycles. The van der Waals surface area contributed by atoms with E-state index in [4.69, 9.17) is 10.5 Å². The average molecular weight is 247 g/mol. The van der Waals surface area contributed by atoms with Crippen LogP contribution in [-0.2, 0) is 0 Å². The summed E-state index contributed by atoms with van der Waals surface area (Å²) in [6.45, 7) is 4.10. The van der Waals surface area contributed by atoms with Gasteiger partial charge >= 0.3 is 0 Å². The van der Waals surface area contributed by atoms with Crippen molar-refractivity contribution >= 4 is 11.3 Å². The second-order valence-corrected chi connectivity index (χ2v) is 5.00. The van der Waals surface area contributed by atoms with Crippen molar-refractivity contribution in [2.75, 3.05) is 7.11 Å². The summed E-state index contributed by atoms with van der Waals surface area (Å²) in [7, 11) is 1.70. The molecule has 0 aliphatic rings. The molecule has 1 atom stereocenters. The van der Waals surface area contributed by atoms with Crippen LogP contribution >= 0.6 is 11.3 Å². The van der Waals surface area contributed by atoms with Gasteiger partial charge in [0.05, 0.1) is 13.2 Å². The molecule has 0 radical (unpaired) electrons. The van der Waals surface area contributed by atoms with Crippen LogP contribution in [0.25, 0.3) is 0 Å². The van der Waals surface area contributed by atoms with E-state index < -0.39 is 0 Å². The number of aryl methyl sites for hydroxylation is 2. The third-order valence-electron chi connectivity index (χ3n) is 2.95. The molecule has 3 heteroatoms. The van der Waals surface area contributed by atoms with Crippen LogP contribution in [-0.4, -0.2) is 7.11 Å². The first kappa shape index (κ1) is 12.1. The van der Waals surface area contributed by atoms with Crippen molar-refractivity contribution in [1.29, 1.82) is 0 Å². The van der Waals surface area contributed by atoms with Gasteiger partial charge in [0, 0.05) is 0 Å². The van der Waals surface area contributed by atoms with Crippen LogP contribution in [0.2, 0.25) is 0 Å². The zero-order valence-corrected chi connectivity index (χ0v) is 11.2. The zero-order valence-electron chi connectivity index (χ0n) is 10.4. The lowest BCUT2D eigenvalue weighted by Gasteiger charge is -2.15. The number of hydrogen-bond acceptors (Lipinski definition) is 3. The van der Waals surface area contributed by atoms with Gasteiger partial charge in [-0.25, -0.2) is 0 Å². The highest BCUT2D eigenvalue weighted by atomic mass is 32.1. The first-order valence-electron chi connectivity index (χ1n) is 5.56. The average Bonchev–Trinajstić information content (AvgIpc) is 2.81. The Bertz CT molecular complexity index is 482. The van der Waals surface area contributed by atoms with Gasteiger partial charge in [0.15, 0.2) is 0 Å². The first-order valence-corrected chi connectivity index (χ1v) is 6.50. The van der Waals surface area contributed by atoms with E-state index in [1.54, 1.807) is 18.4 Å². The number of benzene rings is 1. The molecule has 2 aromatic rings. The van der Waals surface area contributed by atoms with E-state index in [0.717, 1.165) is 22.4 Å². The molecule has 0 bridgehead atoms. The Hall–Kier alpha value is -1.32. The molecule has 0 spiro atoms. The van der Waals surface area contributed by atoms with Gasteiger partial charge in [-0.3, -0.25) is 0 Å². The molecule has 0 saturated carbocycles. The smallest absolute Gasteiger partial charge is 0.124 e. The van der Waals surface area contributed by atoms with E-state index in [0.29, 0.717) is 0 Å². The van der Waals surface area contributed by atoms with E-state index in [9.17, 15) is 0 Å². The van der Waals surface area contributed by atoms with Crippen molar-refractivity contribution in [3.8, 4) is 5.75 Å². The number of nitrogens with two attached hydrogens (primary N) is 1. The van der Waals surface area contributed by atoms with E-state index in [1.165, 1.54) is 5.56 Å². The summed E-state index contributed by atoms with van der Waals surface area (Å²) >= 11 is 1.67. The van der Waals surface area contributed by atoms with Gasteiger partial charge in [0.25, 0.3) is 0 Å². The molecule has 1 aromatic heterocycles. The Labute approximate surface area is 106 Å². The quantitative estimate of drug-likeness (QED) is 0.902. The highest BCUT2D eigenvalue weighted by Crippen LogP contribution is 2.29. The van der Waals surface area contributed by atoms with Crippen molar-refractivity contribution in [2.24, 2.45) is 5.73 Å². The minimum Gasteiger partial charge on any atom is -0.496 e. The molecule has 0 saturated heterocycles. The lowest BCUT2D eigenvalue weighted by molar-refractivity contribution is 0.408. The van der Waals surface area contributed by atoms with Crippen LogP contribution in [0.1, 0.15) is 28.3 Å². The van der Waals surface area contributed by atoms with Crippen LogP contribution in [0.4, 0.5) is 0 Å². The molecule has 2 rings (SSSR count). The van der Waals surface area contributed by atoms with Crippen LogP contribution in [0, 0.1) is 13.8 Å². The summed E-state index contributed by atoms with van der Waals surface area (Å²) in [5, 5.41) is 4.15. The Kier molecular flexibility index (Phi) is 3.50. The zero-order chi connectivity index (χ0) is 12.4. The maximum atomic E-state index is 6.26. The van der Waals surface area contributed by atoms with Gasteiger partial charge in [-0.1, -0.05) is 12.1 Å². The fourth-order valence-corrected chi connectivity index (χ4v) is 2.83. The lowest BCUT2D eigenvalue weighted by atomic mass is 9.97. The van der Waals surface area contributed by atoms with E-state index in [1.807, 2.05) is 0 Å². The topological polar surface area (TPSA) is 35.2 Å². The molecular formula is C14H17NOS. The summed E-state index contributed by atoms with van der Waals surface area (Å²) < 4.78 is 5.36. The molecule has 2 N–H and O–H groups in total. The van der Waals surface area contributed by atoms with E-state index in [-0.39, 0.29) is 6.04 Å². The second-order valence-electron chi connectivity index (χ2n) is 4.22. The monoisotopic (exact) mass is 247 g/mol. The largest absolute Gasteiger partial charge is 0.496 e. The fraction of sp³-hybridized carbons (Fsp3) is 0.286. The summed E-state index contributed by atoms with van der Waals surface area (Å²) in [6, 6.07) is 6.23. The SMILES string of the molecule is COc1c(C)cc([C@@H](N)c2ccsc2)cc1C. The third-order valence-corrected chi connectivity index (χ3v) is 3.65. The summed E-state index contributed by atoms with van der Waals surface area (Å²) in [5.74, 6) is 0.950. The normalized spacial score (nSPS) is 12.5. The minimum atomic E-state index is -0.0513. The molecule has 17 heavy (non-hydrogen) atoms. The van der Waals surface area contributed by atoms with Crippen LogP contribution in [0.15, 0.2) is 29.0 Å². The Morgan fingerprint density at radius 3 is 2.29 bits per heavy atom. The second kappa shape index (κ2) is 4.90. The van der Waals surface area contributed by atoms with Gasteiger partial charge < -0.3 is 10.5 Å². The van der Waals surface area contributed by atoms with Crippen molar-refractivity contribution in [1.82, 2.24) is 0 Å². The van der Waals surface area contributed by atoms with Crippen molar-refractivity contribution < 1.29 is 4.74 Å². The molecule has 0 fully saturated rings. The predicted molar refractivity (Wildman–Crippen MR) is 72.8 cm³/mol. The Morgan fingerprint density at radius 2 is 1.82 bits per heavy atom. The molecule has 1 aromatic carbocycles. The maximum Gasteiger partial charge on any atom is 0.124 e. The van der Waals surface area contributed by atoms with Crippen molar-refractivity contribution in [3.05, 3.63) is 51.2 Å². The van der Waals surface area contributed by atoms with Crippen molar-refractivity contribution in [3.63, 3.8) is 0 Å². The lowest BCUT2D eigenvalue weighted by Crippen LogP contribution is -2.11. The summed E-state index contributed by atoms with van der Waals surface area (Å²) in [5.41, 5.74) is 10.8. The number of ether oxygens (including phenoxy) is 1. The first-order chi connectivity index (χ1) is 8.13. The molecule has 1 heterocycles. The Morgan fingerprint density at radius 1 is 1.18 bits per heavy atom. The third kappa shape index (κ3) is 2.35. The maximum absolute atomic E-state index is 6.26. The number of thiophene rings is 1. The van der Waals surface area contributed by atoms with Crippen LogP contribution in [0.5, 0.6) is 5.75 Å². The molecule has 90 valence electrons.